The molecule has 0 aliphatic heterocycles. The maximum absolute atomic E-state index is 13.8. The number of amides is 1. The van der Waals surface area contributed by atoms with Gasteiger partial charge in [-0.25, -0.2) is 4.39 Å². The first-order valence-corrected chi connectivity index (χ1v) is 7.52. The number of hydrogen-bond acceptors (Lipinski definition) is 1. The van der Waals surface area contributed by atoms with E-state index in [4.69, 9.17) is 0 Å². The smallest absolute Gasteiger partial charge is 0.279 e. The second-order valence-electron chi connectivity index (χ2n) is 5.47. The Hall–Kier alpha value is -2.20. The van der Waals surface area contributed by atoms with Crippen LogP contribution < -0.4 is 10.2 Å². The molecule has 0 bridgehead atoms. The number of carbonyl (C=O) groups is 1. The number of aryl methyl sites for hydroxylation is 1. The van der Waals surface area contributed by atoms with Gasteiger partial charge < -0.3 is 10.2 Å². The molecule has 0 saturated carbocycles. The first-order valence-electron chi connectivity index (χ1n) is 7.52. The van der Waals surface area contributed by atoms with Crippen LogP contribution >= 0.6 is 0 Å². The van der Waals surface area contributed by atoms with Gasteiger partial charge in [-0.15, -0.1) is 0 Å². The van der Waals surface area contributed by atoms with Crippen molar-refractivity contribution in [3.63, 3.8) is 0 Å². The Morgan fingerprint density at radius 3 is 2.55 bits per heavy atom. The fraction of sp³-hybridized carbons (Fsp3) is 0.278. The molecule has 0 heterocycles. The number of hydrogen-bond donors (Lipinski definition) is 2. The summed E-state index contributed by atoms with van der Waals surface area (Å²) >= 11 is 0. The summed E-state index contributed by atoms with van der Waals surface area (Å²) < 4.78 is 13.8. The third kappa shape index (κ3) is 4.67. The van der Waals surface area contributed by atoms with Gasteiger partial charge in [0, 0.05) is 5.56 Å². The average molecular weight is 301 g/mol. The molecular weight excluding hydrogens is 279 g/mol. The maximum atomic E-state index is 13.8. The van der Waals surface area contributed by atoms with E-state index in [2.05, 4.69) is 5.32 Å². The van der Waals surface area contributed by atoms with Gasteiger partial charge >= 0.3 is 0 Å². The summed E-state index contributed by atoms with van der Waals surface area (Å²) in [5.74, 6) is -0.565. The van der Waals surface area contributed by atoms with E-state index < -0.39 is 5.82 Å². The normalized spacial score (nSPS) is 12.0. The summed E-state index contributed by atoms with van der Waals surface area (Å²) in [6.45, 7) is 5.79. The van der Waals surface area contributed by atoms with Gasteiger partial charge in [0.15, 0.2) is 6.54 Å². The van der Waals surface area contributed by atoms with Crippen LogP contribution in [0.5, 0.6) is 0 Å². The highest BCUT2D eigenvalue weighted by atomic mass is 19.1. The van der Waals surface area contributed by atoms with E-state index in [1.807, 2.05) is 44.2 Å². The molecule has 0 fully saturated rings. The fourth-order valence-corrected chi connectivity index (χ4v) is 2.34. The van der Waals surface area contributed by atoms with Gasteiger partial charge in [-0.3, -0.25) is 4.79 Å². The molecule has 1 amide bonds. The van der Waals surface area contributed by atoms with Crippen molar-refractivity contribution in [3.05, 3.63) is 65.5 Å². The predicted octanol–water partition coefficient (Wildman–Crippen LogP) is 2.18. The standard InChI is InChI=1S/C18H21FN2O/c1-3-21(12-15-7-5-4-6-8-15)13-18(22)20-17-10-9-14(2)11-16(17)19/h4-11H,3,12-13H2,1-2H3,(H,20,22)/p+1. The third-order valence-electron chi connectivity index (χ3n) is 3.61. The van der Waals surface area contributed by atoms with Crippen molar-refractivity contribution in [1.29, 1.82) is 0 Å². The van der Waals surface area contributed by atoms with E-state index in [0.717, 1.165) is 23.6 Å². The van der Waals surface area contributed by atoms with Crippen LogP contribution in [-0.4, -0.2) is 19.0 Å². The van der Waals surface area contributed by atoms with Crippen LogP contribution in [0.4, 0.5) is 10.1 Å². The molecule has 0 saturated heterocycles. The molecule has 0 aliphatic carbocycles. The highest BCUT2D eigenvalue weighted by Crippen LogP contribution is 2.14. The minimum atomic E-state index is -0.394. The largest absolute Gasteiger partial charge is 0.324 e. The molecule has 2 N–H and O–H groups in total. The van der Waals surface area contributed by atoms with Crippen molar-refractivity contribution >= 4 is 11.6 Å². The molecule has 0 aliphatic rings. The number of halogens is 1. The molecule has 116 valence electrons. The summed E-state index contributed by atoms with van der Waals surface area (Å²) in [6, 6.07) is 14.9. The van der Waals surface area contributed by atoms with Crippen molar-refractivity contribution in [3.8, 4) is 0 Å². The summed E-state index contributed by atoms with van der Waals surface area (Å²) in [4.78, 5) is 13.2. The van der Waals surface area contributed by atoms with Crippen molar-refractivity contribution < 1.29 is 14.1 Å². The second kappa shape index (κ2) is 7.71. The number of rotatable bonds is 6. The zero-order chi connectivity index (χ0) is 15.9. The topological polar surface area (TPSA) is 33.5 Å². The summed E-state index contributed by atoms with van der Waals surface area (Å²) in [6.07, 6.45) is 0. The van der Waals surface area contributed by atoms with E-state index in [-0.39, 0.29) is 11.6 Å². The molecule has 4 heteroatoms. The molecule has 22 heavy (non-hydrogen) atoms. The zero-order valence-corrected chi connectivity index (χ0v) is 13.0. The average Bonchev–Trinajstić information content (AvgIpc) is 2.50. The van der Waals surface area contributed by atoms with Gasteiger partial charge in [-0.2, -0.15) is 0 Å². The highest BCUT2D eigenvalue weighted by molar-refractivity contribution is 5.91. The van der Waals surface area contributed by atoms with E-state index >= 15 is 0 Å². The Morgan fingerprint density at radius 2 is 1.91 bits per heavy atom. The lowest BCUT2D eigenvalue weighted by atomic mass is 10.2. The lowest BCUT2D eigenvalue weighted by molar-refractivity contribution is -0.903. The maximum Gasteiger partial charge on any atom is 0.279 e. The fourth-order valence-electron chi connectivity index (χ4n) is 2.34. The molecule has 1 atom stereocenters. The summed E-state index contributed by atoms with van der Waals surface area (Å²) in [5, 5.41) is 2.65. The van der Waals surface area contributed by atoms with Crippen molar-refractivity contribution in [1.82, 2.24) is 0 Å². The quantitative estimate of drug-likeness (QED) is 0.842. The molecule has 2 aromatic rings. The number of carbonyl (C=O) groups excluding carboxylic acids is 1. The molecular formula is C18H22FN2O+. The van der Waals surface area contributed by atoms with E-state index in [1.54, 1.807) is 12.1 Å². The van der Waals surface area contributed by atoms with Crippen LogP contribution in [0.1, 0.15) is 18.1 Å². The number of nitrogens with one attached hydrogen (secondary N) is 2. The SMILES string of the molecule is CC[NH+](CC(=O)Nc1ccc(C)cc1F)Cc1ccccc1. The Kier molecular flexibility index (Phi) is 5.67. The van der Waals surface area contributed by atoms with Gasteiger partial charge in [0.25, 0.3) is 5.91 Å². The Bertz CT molecular complexity index is 628. The van der Waals surface area contributed by atoms with Gasteiger partial charge in [0.05, 0.1) is 12.2 Å². The van der Waals surface area contributed by atoms with Crippen LogP contribution in [0.15, 0.2) is 48.5 Å². The molecule has 3 nitrogen and oxygen atoms in total. The van der Waals surface area contributed by atoms with Crippen molar-refractivity contribution in [2.24, 2.45) is 0 Å². The van der Waals surface area contributed by atoms with Crippen molar-refractivity contribution in [2.75, 3.05) is 18.4 Å². The van der Waals surface area contributed by atoms with Crippen LogP contribution in [0.3, 0.4) is 0 Å². The summed E-state index contributed by atoms with van der Waals surface area (Å²) in [5.41, 5.74) is 2.26. The van der Waals surface area contributed by atoms with Gasteiger partial charge in [-0.05, 0) is 31.5 Å². The molecule has 2 rings (SSSR count). The number of benzene rings is 2. The Labute approximate surface area is 130 Å². The van der Waals surface area contributed by atoms with Gasteiger partial charge in [-0.1, -0.05) is 36.4 Å². The lowest BCUT2D eigenvalue weighted by Crippen LogP contribution is -3.11. The third-order valence-corrected chi connectivity index (χ3v) is 3.61. The van der Waals surface area contributed by atoms with E-state index in [0.29, 0.717) is 6.54 Å². The first kappa shape index (κ1) is 16.2. The first-order chi connectivity index (χ1) is 10.6. The molecule has 1 unspecified atom stereocenters. The summed E-state index contributed by atoms with van der Waals surface area (Å²) in [7, 11) is 0. The van der Waals surface area contributed by atoms with Crippen LogP contribution in [0.2, 0.25) is 0 Å². The highest BCUT2D eigenvalue weighted by Gasteiger charge is 2.14. The molecule has 2 aromatic carbocycles. The van der Waals surface area contributed by atoms with Crippen molar-refractivity contribution in [2.45, 2.75) is 20.4 Å². The Morgan fingerprint density at radius 1 is 1.18 bits per heavy atom. The van der Waals surface area contributed by atoms with Gasteiger partial charge in [0.1, 0.15) is 12.4 Å². The monoisotopic (exact) mass is 301 g/mol. The zero-order valence-electron chi connectivity index (χ0n) is 13.0. The minimum absolute atomic E-state index is 0.171. The van der Waals surface area contributed by atoms with E-state index in [1.165, 1.54) is 11.6 Å². The number of quaternary nitrogens is 1. The molecule has 0 spiro atoms. The molecule has 0 aromatic heterocycles. The molecule has 0 radical (unpaired) electrons. The van der Waals surface area contributed by atoms with Crippen LogP contribution in [-0.2, 0) is 11.3 Å². The van der Waals surface area contributed by atoms with Gasteiger partial charge in [0.2, 0.25) is 0 Å². The van der Waals surface area contributed by atoms with Crippen LogP contribution in [0, 0.1) is 12.7 Å². The lowest BCUT2D eigenvalue weighted by Gasteiger charge is -2.17. The number of likely N-dealkylation sites (N-methyl/N-ethyl adjacent to an activating group) is 1. The van der Waals surface area contributed by atoms with E-state index in [9.17, 15) is 9.18 Å². The van der Waals surface area contributed by atoms with Crippen LogP contribution in [0.25, 0.3) is 0 Å². The number of anilines is 1. The predicted molar refractivity (Wildman–Crippen MR) is 86.3 cm³/mol. The Balaban J connectivity index is 1.94. The minimum Gasteiger partial charge on any atom is -0.324 e. The second-order valence-corrected chi connectivity index (χ2v) is 5.47.